The second-order valence-corrected chi connectivity index (χ2v) is 12.3. The van der Waals surface area contributed by atoms with Crippen molar-refractivity contribution in [2.45, 2.75) is 58.1 Å². The number of carbonyl (C=O) groups excluding carboxylic acids is 1. The fourth-order valence-corrected chi connectivity index (χ4v) is 7.92. The van der Waals surface area contributed by atoms with Crippen LogP contribution in [0.4, 0.5) is 0 Å². The number of pyridine rings is 1. The normalized spacial score (nSPS) is 30.4. The van der Waals surface area contributed by atoms with Gasteiger partial charge in [0.1, 0.15) is 5.01 Å². The van der Waals surface area contributed by atoms with Crippen molar-refractivity contribution in [1.82, 2.24) is 15.3 Å². The second-order valence-electron chi connectivity index (χ2n) is 10.2. The van der Waals surface area contributed by atoms with Gasteiger partial charge in [-0.25, -0.2) is 4.98 Å². The molecule has 0 aromatic carbocycles. The van der Waals surface area contributed by atoms with E-state index in [1.807, 2.05) is 42.8 Å². The minimum atomic E-state index is -0.616. The third kappa shape index (κ3) is 4.00. The molecule has 3 heterocycles. The van der Waals surface area contributed by atoms with E-state index < -0.39 is 11.5 Å². The summed E-state index contributed by atoms with van der Waals surface area (Å²) in [5, 5.41) is 27.3. The highest BCUT2D eigenvalue weighted by atomic mass is 32.1. The molecule has 0 aliphatic heterocycles. The minimum absolute atomic E-state index is 0.0129. The third-order valence-electron chi connectivity index (χ3n) is 8.23. The number of fused-ring (bicyclic) bond motifs is 2. The fraction of sp³-hybridized carbons (Fsp3) is 0.500. The lowest BCUT2D eigenvalue weighted by molar-refractivity contribution is -0.144. The first-order valence-corrected chi connectivity index (χ1v) is 13.5. The maximum absolute atomic E-state index is 13.2. The monoisotopic (exact) mass is 497 g/mol. The van der Waals surface area contributed by atoms with Crippen LogP contribution in [0.5, 0.6) is 0 Å². The Labute approximate surface area is 208 Å². The van der Waals surface area contributed by atoms with Crippen molar-refractivity contribution in [3.8, 4) is 10.6 Å². The summed E-state index contributed by atoms with van der Waals surface area (Å²) in [4.78, 5) is 24.8. The van der Waals surface area contributed by atoms with E-state index in [9.17, 15) is 15.0 Å². The first-order valence-electron chi connectivity index (χ1n) is 11.8. The molecule has 1 saturated carbocycles. The molecule has 0 radical (unpaired) electrons. The Bertz CT molecular complexity index is 1150. The van der Waals surface area contributed by atoms with Gasteiger partial charge >= 0.3 is 0 Å². The number of aromatic nitrogens is 2. The van der Waals surface area contributed by atoms with Crippen molar-refractivity contribution < 1.29 is 15.0 Å². The van der Waals surface area contributed by atoms with Crippen LogP contribution < -0.4 is 5.32 Å². The molecule has 0 spiro atoms. The lowest BCUT2D eigenvalue weighted by Gasteiger charge is -2.58. The van der Waals surface area contributed by atoms with Gasteiger partial charge in [-0.1, -0.05) is 19.9 Å². The molecule has 1 amide bonds. The fourth-order valence-electron chi connectivity index (χ4n) is 6.11. The van der Waals surface area contributed by atoms with Gasteiger partial charge in [0, 0.05) is 45.5 Å². The van der Waals surface area contributed by atoms with Crippen LogP contribution in [0.15, 0.2) is 42.0 Å². The minimum Gasteiger partial charge on any atom is -0.396 e. The van der Waals surface area contributed by atoms with Crippen LogP contribution in [-0.4, -0.2) is 38.8 Å². The van der Waals surface area contributed by atoms with Gasteiger partial charge in [0.2, 0.25) is 5.91 Å². The van der Waals surface area contributed by atoms with E-state index in [1.165, 1.54) is 0 Å². The zero-order chi connectivity index (χ0) is 23.9. The molecule has 3 N–H and O–H groups in total. The van der Waals surface area contributed by atoms with Gasteiger partial charge < -0.3 is 15.5 Å². The predicted molar refractivity (Wildman–Crippen MR) is 135 cm³/mol. The van der Waals surface area contributed by atoms with Crippen molar-refractivity contribution in [1.29, 1.82) is 0 Å². The Morgan fingerprint density at radius 3 is 2.85 bits per heavy atom. The number of nitrogens with one attached hydrogen (secondary N) is 1. The molecule has 5 atom stereocenters. The van der Waals surface area contributed by atoms with Crippen molar-refractivity contribution in [3.63, 3.8) is 0 Å². The zero-order valence-corrected chi connectivity index (χ0v) is 21.2. The Morgan fingerprint density at radius 2 is 2.15 bits per heavy atom. The number of amides is 1. The summed E-state index contributed by atoms with van der Waals surface area (Å²) < 4.78 is 0. The number of thiazole rings is 1. The van der Waals surface area contributed by atoms with Crippen LogP contribution in [0.25, 0.3) is 10.6 Å². The molecule has 0 unspecified atom stereocenters. The summed E-state index contributed by atoms with van der Waals surface area (Å²) in [5.41, 5.74) is 1.12. The van der Waals surface area contributed by atoms with E-state index in [-0.39, 0.29) is 29.8 Å². The number of hydrogen-bond donors (Lipinski definition) is 3. The first-order chi connectivity index (χ1) is 16.3. The number of nitrogens with zero attached hydrogens (tertiary/aromatic N) is 2. The van der Waals surface area contributed by atoms with Gasteiger partial charge in [0.25, 0.3) is 0 Å². The van der Waals surface area contributed by atoms with Crippen molar-refractivity contribution in [2.24, 2.45) is 16.7 Å². The molecule has 0 saturated heterocycles. The highest BCUT2D eigenvalue weighted by Crippen LogP contribution is 2.62. The smallest absolute Gasteiger partial charge is 0.220 e. The average molecular weight is 498 g/mol. The molecule has 3 aromatic heterocycles. The predicted octanol–water partition coefficient (Wildman–Crippen LogP) is 4.39. The molecule has 34 heavy (non-hydrogen) atoms. The van der Waals surface area contributed by atoms with E-state index in [4.69, 9.17) is 4.98 Å². The van der Waals surface area contributed by atoms with Crippen LogP contribution in [0, 0.1) is 16.7 Å². The van der Waals surface area contributed by atoms with Gasteiger partial charge in [0.05, 0.1) is 24.9 Å². The summed E-state index contributed by atoms with van der Waals surface area (Å²) in [6.07, 6.45) is 5.54. The lowest BCUT2D eigenvalue weighted by atomic mass is 9.47. The Hall–Kier alpha value is -2.13. The van der Waals surface area contributed by atoms with Crippen molar-refractivity contribution >= 4 is 28.6 Å². The molecule has 6 nitrogen and oxygen atoms in total. The van der Waals surface area contributed by atoms with Gasteiger partial charge in [-0.15, -0.1) is 22.7 Å². The highest BCUT2D eigenvalue weighted by Gasteiger charge is 2.59. The summed E-state index contributed by atoms with van der Waals surface area (Å²) in [6, 6.07) is 7.93. The number of carbonyl (C=O) groups is 1. The number of thiophene rings is 1. The molecule has 2 aliphatic carbocycles. The molecule has 5 rings (SSSR count). The first kappa shape index (κ1) is 23.6. The average Bonchev–Trinajstić information content (AvgIpc) is 3.52. The van der Waals surface area contributed by atoms with Crippen LogP contribution in [0.3, 0.4) is 0 Å². The van der Waals surface area contributed by atoms with E-state index in [0.29, 0.717) is 19.4 Å². The summed E-state index contributed by atoms with van der Waals surface area (Å²) in [7, 11) is 0. The van der Waals surface area contributed by atoms with Gasteiger partial charge in [0.15, 0.2) is 0 Å². The largest absolute Gasteiger partial charge is 0.396 e. The molecule has 0 bridgehead atoms. The van der Waals surface area contributed by atoms with Crippen LogP contribution in [0.1, 0.15) is 54.5 Å². The van der Waals surface area contributed by atoms with Crippen LogP contribution in [-0.2, 0) is 17.8 Å². The molecular weight excluding hydrogens is 466 g/mol. The Morgan fingerprint density at radius 1 is 1.29 bits per heavy atom. The SMILES string of the molecule is C[C@]1(CO)[C@H]2Cc3sc(-c4cccnc4)nc3[C@@H](CC(=O)NCc3cccs3)[C@]2(C)CC[C@H]1O. The Balaban J connectivity index is 1.52. The van der Waals surface area contributed by atoms with Gasteiger partial charge in [-0.3, -0.25) is 9.78 Å². The second kappa shape index (κ2) is 9.15. The molecule has 8 heteroatoms. The van der Waals surface area contributed by atoms with E-state index in [2.05, 4.69) is 17.2 Å². The van der Waals surface area contributed by atoms with Crippen LogP contribution in [0.2, 0.25) is 0 Å². The summed E-state index contributed by atoms with van der Waals surface area (Å²) in [6.45, 7) is 4.69. The molecule has 180 valence electrons. The topological polar surface area (TPSA) is 95.3 Å². The Kier molecular flexibility index (Phi) is 6.35. The number of aliphatic hydroxyl groups excluding tert-OH is 2. The number of hydrogen-bond acceptors (Lipinski definition) is 7. The maximum Gasteiger partial charge on any atom is 0.220 e. The molecule has 3 aromatic rings. The summed E-state index contributed by atoms with van der Waals surface area (Å²) >= 11 is 3.29. The van der Waals surface area contributed by atoms with E-state index in [1.54, 1.807) is 28.9 Å². The van der Waals surface area contributed by atoms with E-state index >= 15 is 0 Å². The van der Waals surface area contributed by atoms with Crippen LogP contribution >= 0.6 is 22.7 Å². The summed E-state index contributed by atoms with van der Waals surface area (Å²) in [5.74, 6) is -0.0119. The van der Waals surface area contributed by atoms with Crippen molar-refractivity contribution in [2.75, 3.05) is 6.61 Å². The standard InChI is InChI=1S/C26H31N3O3S2/c1-25-8-7-21(31)26(2,15-30)20(25)12-19-23(29-24(34-19)16-5-3-9-27-13-16)18(25)11-22(32)28-14-17-6-4-10-33-17/h3-6,9-10,13,18,20-21,30-31H,7-8,11-12,14-15H2,1-2H3,(H,28,32)/t18-,20+,21-,25+,26+/m1/s1. The highest BCUT2D eigenvalue weighted by molar-refractivity contribution is 7.15. The number of rotatable bonds is 6. The molecule has 2 aliphatic rings. The van der Waals surface area contributed by atoms with Gasteiger partial charge in [-0.2, -0.15) is 0 Å². The van der Waals surface area contributed by atoms with Crippen molar-refractivity contribution in [3.05, 3.63) is 57.5 Å². The zero-order valence-electron chi connectivity index (χ0n) is 19.5. The number of aliphatic hydroxyl groups is 2. The molecule has 1 fully saturated rings. The quantitative estimate of drug-likeness (QED) is 0.470. The van der Waals surface area contributed by atoms with Gasteiger partial charge in [-0.05, 0) is 54.2 Å². The third-order valence-corrected chi connectivity index (χ3v) is 10.3. The lowest BCUT2D eigenvalue weighted by Crippen LogP contribution is -2.57. The molecular formula is C26H31N3O3S2. The maximum atomic E-state index is 13.2. The van der Waals surface area contributed by atoms with E-state index in [0.717, 1.165) is 38.9 Å².